The van der Waals surface area contributed by atoms with Gasteiger partial charge >= 0.3 is 6.18 Å². The number of aromatic amines is 1. The first-order valence-electron chi connectivity index (χ1n) is 8.29. The Kier molecular flexibility index (Phi) is 5.40. The van der Waals surface area contributed by atoms with Crippen LogP contribution in [0.25, 0.3) is 10.9 Å². The van der Waals surface area contributed by atoms with E-state index in [1.807, 2.05) is 4.72 Å². The number of fused-ring (bicyclic) bond motifs is 1. The molecule has 3 N–H and O–H groups in total. The van der Waals surface area contributed by atoms with Gasteiger partial charge in [-0.05, 0) is 30.3 Å². The molecule has 0 aliphatic heterocycles. The summed E-state index contributed by atoms with van der Waals surface area (Å²) < 4.78 is 64.7. The third-order valence-electron chi connectivity index (χ3n) is 4.03. The normalized spacial score (nSPS) is 11.8. The Labute approximate surface area is 168 Å². The molecule has 7 nitrogen and oxygen atoms in total. The van der Waals surface area contributed by atoms with E-state index in [2.05, 4.69) is 16.9 Å². The Hall–Kier alpha value is -3.60. The Bertz CT molecular complexity index is 1310. The van der Waals surface area contributed by atoms with Crippen LogP contribution in [-0.2, 0) is 16.2 Å². The van der Waals surface area contributed by atoms with E-state index in [1.54, 1.807) is 18.2 Å². The topological polar surface area (TPSA) is 108 Å². The van der Waals surface area contributed by atoms with Crippen molar-refractivity contribution in [3.63, 3.8) is 0 Å². The number of alkyl halides is 3. The van der Waals surface area contributed by atoms with Gasteiger partial charge in [0.15, 0.2) is 0 Å². The van der Waals surface area contributed by atoms with Gasteiger partial charge in [-0.15, -0.1) is 0 Å². The summed E-state index contributed by atoms with van der Waals surface area (Å²) in [5.74, 6) is -0.959. The minimum absolute atomic E-state index is 0.230. The second kappa shape index (κ2) is 7.67. The molecule has 3 rings (SSSR count). The van der Waals surface area contributed by atoms with Crippen molar-refractivity contribution in [2.45, 2.75) is 6.18 Å². The lowest BCUT2D eigenvalue weighted by atomic mass is 10.1. The van der Waals surface area contributed by atoms with Gasteiger partial charge in [0.25, 0.3) is 15.9 Å². The van der Waals surface area contributed by atoms with Crippen molar-refractivity contribution >= 4 is 38.2 Å². The maximum Gasteiger partial charge on any atom is 0.416 e. The van der Waals surface area contributed by atoms with Crippen LogP contribution in [0.15, 0.2) is 65.4 Å². The number of rotatable bonds is 5. The van der Waals surface area contributed by atoms with Crippen LogP contribution in [0.3, 0.4) is 0 Å². The first kappa shape index (κ1) is 21.1. The number of H-pyrrole nitrogens is 1. The van der Waals surface area contributed by atoms with E-state index < -0.39 is 38.8 Å². The Morgan fingerprint density at radius 1 is 1.10 bits per heavy atom. The fraction of sp³-hybridized carbons (Fsp3) is 0.0526. The number of hydrogen-bond donors (Lipinski definition) is 3. The van der Waals surface area contributed by atoms with Gasteiger partial charge in [0.1, 0.15) is 5.56 Å². The zero-order valence-corrected chi connectivity index (χ0v) is 15.9. The second-order valence-corrected chi connectivity index (χ2v) is 7.77. The van der Waals surface area contributed by atoms with Crippen LogP contribution in [0.4, 0.5) is 24.5 Å². The van der Waals surface area contributed by atoms with E-state index >= 15 is 0 Å². The average Bonchev–Trinajstić information content (AvgIpc) is 2.67. The maximum absolute atomic E-state index is 13.2. The zero-order valence-electron chi connectivity index (χ0n) is 15.1. The predicted molar refractivity (Wildman–Crippen MR) is 107 cm³/mol. The van der Waals surface area contributed by atoms with E-state index in [9.17, 15) is 31.2 Å². The first-order valence-corrected chi connectivity index (χ1v) is 9.84. The molecule has 11 heteroatoms. The quantitative estimate of drug-likeness (QED) is 0.566. The summed E-state index contributed by atoms with van der Waals surface area (Å²) in [6.45, 7) is 3.06. The van der Waals surface area contributed by atoms with Crippen molar-refractivity contribution in [2.75, 3.05) is 10.0 Å². The van der Waals surface area contributed by atoms with Crippen LogP contribution in [0.5, 0.6) is 0 Å². The fourth-order valence-electron chi connectivity index (χ4n) is 2.66. The molecule has 0 unspecified atom stereocenters. The van der Waals surface area contributed by atoms with Crippen molar-refractivity contribution in [3.8, 4) is 0 Å². The van der Waals surface area contributed by atoms with Gasteiger partial charge in [0.2, 0.25) is 5.43 Å². The molecule has 1 amide bonds. The van der Waals surface area contributed by atoms with Crippen LogP contribution in [-0.4, -0.2) is 19.3 Å². The molecule has 30 heavy (non-hydrogen) atoms. The molecule has 3 aromatic rings. The number of halogens is 3. The van der Waals surface area contributed by atoms with Crippen LogP contribution < -0.4 is 15.5 Å². The SMILES string of the molecule is C=CS(=O)(=O)Nc1cc(NC(=O)c2c[nH]c3ccccc3c2=O)cc(C(F)(F)F)c1. The summed E-state index contributed by atoms with van der Waals surface area (Å²) in [6, 6.07) is 8.60. The van der Waals surface area contributed by atoms with Gasteiger partial charge in [0, 0.05) is 28.2 Å². The summed E-state index contributed by atoms with van der Waals surface area (Å²) in [5.41, 5.74) is -2.44. The number of carbonyl (C=O) groups is 1. The summed E-state index contributed by atoms with van der Waals surface area (Å²) in [5, 5.41) is 2.96. The van der Waals surface area contributed by atoms with Crippen molar-refractivity contribution in [1.29, 1.82) is 0 Å². The molecule has 0 radical (unpaired) electrons. The molecule has 0 spiro atoms. The van der Waals surface area contributed by atoms with Gasteiger partial charge < -0.3 is 10.3 Å². The van der Waals surface area contributed by atoms with E-state index in [4.69, 9.17) is 0 Å². The van der Waals surface area contributed by atoms with Gasteiger partial charge in [0.05, 0.1) is 11.3 Å². The Morgan fingerprint density at radius 2 is 1.77 bits per heavy atom. The standard InChI is InChI=1S/C19H14F3N3O4S/c1-2-30(28,29)25-13-8-11(19(20,21)22)7-12(9-13)24-18(27)15-10-23-16-6-4-3-5-14(16)17(15)26/h2-10,25H,1H2,(H,23,26)(H,24,27). The highest BCUT2D eigenvalue weighted by atomic mass is 32.2. The molecular weight excluding hydrogens is 423 g/mol. The van der Waals surface area contributed by atoms with Gasteiger partial charge in [-0.1, -0.05) is 18.7 Å². The van der Waals surface area contributed by atoms with Crippen LogP contribution in [0, 0.1) is 0 Å². The predicted octanol–water partition coefficient (Wildman–Crippen LogP) is 3.68. The summed E-state index contributed by atoms with van der Waals surface area (Å²) in [7, 11) is -4.08. The van der Waals surface area contributed by atoms with Gasteiger partial charge in [-0.25, -0.2) is 8.42 Å². The zero-order chi connectivity index (χ0) is 22.1. The fourth-order valence-corrected chi connectivity index (χ4v) is 3.19. The Balaban J connectivity index is 2.01. The highest BCUT2D eigenvalue weighted by molar-refractivity contribution is 7.95. The van der Waals surface area contributed by atoms with Crippen molar-refractivity contribution in [3.05, 3.63) is 82.0 Å². The van der Waals surface area contributed by atoms with Crippen LogP contribution >= 0.6 is 0 Å². The maximum atomic E-state index is 13.2. The van der Waals surface area contributed by atoms with E-state index in [0.29, 0.717) is 23.1 Å². The molecule has 0 saturated carbocycles. The van der Waals surface area contributed by atoms with Crippen LogP contribution in [0.1, 0.15) is 15.9 Å². The van der Waals surface area contributed by atoms with E-state index in [-0.39, 0.29) is 16.6 Å². The number of aromatic nitrogens is 1. The summed E-state index contributed by atoms with van der Waals surface area (Å²) >= 11 is 0. The van der Waals surface area contributed by atoms with Crippen molar-refractivity contribution in [2.24, 2.45) is 0 Å². The molecule has 1 aromatic heterocycles. The molecule has 0 aliphatic rings. The molecule has 156 valence electrons. The smallest absolute Gasteiger partial charge is 0.360 e. The highest BCUT2D eigenvalue weighted by Gasteiger charge is 2.32. The second-order valence-electron chi connectivity index (χ2n) is 6.14. The van der Waals surface area contributed by atoms with Gasteiger partial charge in [-0.2, -0.15) is 13.2 Å². The first-order chi connectivity index (χ1) is 14.0. The monoisotopic (exact) mass is 437 g/mol. The number of nitrogens with one attached hydrogen (secondary N) is 3. The number of anilines is 2. The third kappa shape index (κ3) is 4.51. The molecule has 1 heterocycles. The molecular formula is C19H14F3N3O4S. The van der Waals surface area contributed by atoms with Crippen LogP contribution in [0.2, 0.25) is 0 Å². The number of sulfonamides is 1. The number of amides is 1. The molecule has 0 aliphatic carbocycles. The lowest BCUT2D eigenvalue weighted by Crippen LogP contribution is -2.22. The molecule has 0 saturated heterocycles. The average molecular weight is 437 g/mol. The molecule has 0 atom stereocenters. The van der Waals surface area contributed by atoms with Crippen molar-refractivity contribution in [1.82, 2.24) is 4.98 Å². The summed E-state index contributed by atoms with van der Waals surface area (Å²) in [6.07, 6.45) is -3.66. The molecule has 0 bridgehead atoms. The number of carbonyl (C=O) groups excluding carboxylic acids is 1. The largest absolute Gasteiger partial charge is 0.416 e. The number of para-hydroxylation sites is 1. The molecule has 2 aromatic carbocycles. The highest BCUT2D eigenvalue weighted by Crippen LogP contribution is 2.33. The minimum atomic E-state index is -4.81. The number of pyridine rings is 1. The number of benzene rings is 2. The van der Waals surface area contributed by atoms with E-state index in [1.165, 1.54) is 6.07 Å². The number of hydrogen-bond acceptors (Lipinski definition) is 4. The molecule has 0 fully saturated rings. The lowest BCUT2D eigenvalue weighted by Gasteiger charge is -2.14. The lowest BCUT2D eigenvalue weighted by molar-refractivity contribution is -0.137. The third-order valence-corrected chi connectivity index (χ3v) is 4.99. The minimum Gasteiger partial charge on any atom is -0.360 e. The summed E-state index contributed by atoms with van der Waals surface area (Å²) in [4.78, 5) is 27.8. The van der Waals surface area contributed by atoms with Gasteiger partial charge in [-0.3, -0.25) is 14.3 Å². The van der Waals surface area contributed by atoms with E-state index in [0.717, 1.165) is 12.3 Å². The van der Waals surface area contributed by atoms with Crippen molar-refractivity contribution < 1.29 is 26.4 Å². The Morgan fingerprint density at radius 3 is 2.43 bits per heavy atom.